The minimum atomic E-state index is -0.145. The first kappa shape index (κ1) is 16.9. The SMILES string of the molecule is CCc1ccc2nc(NC(=O)Cc3nc(-c4cccs4)oc3C)sc2c1. The van der Waals surface area contributed by atoms with Gasteiger partial charge in [0.15, 0.2) is 5.13 Å². The molecule has 3 heterocycles. The number of hydrogen-bond acceptors (Lipinski definition) is 6. The van der Waals surface area contributed by atoms with E-state index in [1.807, 2.05) is 30.5 Å². The zero-order valence-corrected chi connectivity index (χ0v) is 16.0. The van der Waals surface area contributed by atoms with Crippen molar-refractivity contribution < 1.29 is 9.21 Å². The molecule has 0 saturated carbocycles. The van der Waals surface area contributed by atoms with Gasteiger partial charge < -0.3 is 9.73 Å². The van der Waals surface area contributed by atoms with Crippen LogP contribution in [0.4, 0.5) is 5.13 Å². The lowest BCUT2D eigenvalue weighted by Crippen LogP contribution is -2.14. The molecule has 4 rings (SSSR count). The molecule has 1 aromatic carbocycles. The molecule has 0 atom stereocenters. The number of aryl methyl sites for hydroxylation is 2. The summed E-state index contributed by atoms with van der Waals surface area (Å²) in [5, 5.41) is 5.46. The fourth-order valence-corrected chi connectivity index (χ4v) is 4.25. The quantitative estimate of drug-likeness (QED) is 0.523. The van der Waals surface area contributed by atoms with Crippen molar-refractivity contribution in [1.29, 1.82) is 0 Å². The molecule has 0 saturated heterocycles. The molecule has 0 unspecified atom stereocenters. The second-order valence-electron chi connectivity index (χ2n) is 5.90. The fourth-order valence-electron chi connectivity index (χ4n) is 2.66. The maximum atomic E-state index is 12.4. The fraction of sp³-hybridized carbons (Fsp3) is 0.211. The molecule has 0 aliphatic rings. The summed E-state index contributed by atoms with van der Waals surface area (Å²) in [6, 6.07) is 10.1. The number of amides is 1. The van der Waals surface area contributed by atoms with Crippen molar-refractivity contribution in [3.05, 3.63) is 52.7 Å². The number of fused-ring (bicyclic) bond motifs is 1. The van der Waals surface area contributed by atoms with Crippen molar-refractivity contribution >= 4 is 43.9 Å². The summed E-state index contributed by atoms with van der Waals surface area (Å²) in [7, 11) is 0. The predicted molar refractivity (Wildman–Crippen MR) is 106 cm³/mol. The van der Waals surface area contributed by atoms with E-state index in [1.165, 1.54) is 16.9 Å². The molecule has 132 valence electrons. The summed E-state index contributed by atoms with van der Waals surface area (Å²) < 4.78 is 6.77. The van der Waals surface area contributed by atoms with Crippen LogP contribution in [0.1, 0.15) is 23.9 Å². The van der Waals surface area contributed by atoms with Gasteiger partial charge in [0.05, 0.1) is 27.2 Å². The van der Waals surface area contributed by atoms with Gasteiger partial charge in [0.25, 0.3) is 0 Å². The van der Waals surface area contributed by atoms with E-state index in [0.717, 1.165) is 21.5 Å². The van der Waals surface area contributed by atoms with E-state index in [4.69, 9.17) is 4.42 Å². The molecule has 26 heavy (non-hydrogen) atoms. The number of nitrogens with one attached hydrogen (secondary N) is 1. The summed E-state index contributed by atoms with van der Waals surface area (Å²) in [5.74, 6) is 1.08. The summed E-state index contributed by atoms with van der Waals surface area (Å²) in [6.45, 7) is 3.95. The number of rotatable bonds is 5. The van der Waals surface area contributed by atoms with Gasteiger partial charge >= 0.3 is 0 Å². The largest absolute Gasteiger partial charge is 0.440 e. The molecule has 0 aliphatic carbocycles. The van der Waals surface area contributed by atoms with E-state index in [9.17, 15) is 4.79 Å². The monoisotopic (exact) mass is 383 g/mol. The van der Waals surface area contributed by atoms with Crippen LogP contribution in [0.5, 0.6) is 0 Å². The number of benzene rings is 1. The zero-order valence-electron chi connectivity index (χ0n) is 14.4. The Morgan fingerprint density at radius 1 is 1.27 bits per heavy atom. The van der Waals surface area contributed by atoms with Crippen LogP contribution in [-0.2, 0) is 17.6 Å². The molecular weight excluding hydrogens is 366 g/mol. The summed E-state index contributed by atoms with van der Waals surface area (Å²) in [4.78, 5) is 22.3. The number of thiazole rings is 1. The lowest BCUT2D eigenvalue weighted by Gasteiger charge is -1.99. The number of carbonyl (C=O) groups is 1. The van der Waals surface area contributed by atoms with Crippen LogP contribution in [-0.4, -0.2) is 15.9 Å². The predicted octanol–water partition coefficient (Wildman–Crippen LogP) is 5.06. The van der Waals surface area contributed by atoms with Crippen LogP contribution in [0, 0.1) is 6.92 Å². The van der Waals surface area contributed by atoms with Crippen LogP contribution in [0.3, 0.4) is 0 Å². The second kappa shape index (κ2) is 7.01. The Balaban J connectivity index is 1.49. The summed E-state index contributed by atoms with van der Waals surface area (Å²) >= 11 is 3.05. The molecule has 0 fully saturated rings. The highest BCUT2D eigenvalue weighted by atomic mass is 32.1. The van der Waals surface area contributed by atoms with Gasteiger partial charge in [0.2, 0.25) is 11.8 Å². The van der Waals surface area contributed by atoms with Gasteiger partial charge in [-0.1, -0.05) is 30.4 Å². The minimum absolute atomic E-state index is 0.145. The molecule has 0 spiro atoms. The smallest absolute Gasteiger partial charge is 0.236 e. The van der Waals surface area contributed by atoms with Crippen LogP contribution >= 0.6 is 22.7 Å². The minimum Gasteiger partial charge on any atom is -0.440 e. The number of oxazole rings is 1. The van der Waals surface area contributed by atoms with Crippen LogP contribution in [0.15, 0.2) is 40.1 Å². The highest BCUT2D eigenvalue weighted by molar-refractivity contribution is 7.22. The van der Waals surface area contributed by atoms with Crippen molar-refractivity contribution in [3.8, 4) is 10.8 Å². The molecule has 1 N–H and O–H groups in total. The van der Waals surface area contributed by atoms with Crippen molar-refractivity contribution in [1.82, 2.24) is 9.97 Å². The molecule has 4 aromatic rings. The molecule has 0 bridgehead atoms. The van der Waals surface area contributed by atoms with E-state index in [1.54, 1.807) is 11.3 Å². The Labute approximate surface area is 158 Å². The Bertz CT molecular complexity index is 1060. The van der Waals surface area contributed by atoms with Crippen molar-refractivity contribution in [2.75, 3.05) is 5.32 Å². The number of carbonyl (C=O) groups excluding carboxylic acids is 1. The van der Waals surface area contributed by atoms with Crippen LogP contribution in [0.2, 0.25) is 0 Å². The van der Waals surface area contributed by atoms with Crippen LogP contribution in [0.25, 0.3) is 21.0 Å². The first-order chi connectivity index (χ1) is 12.6. The van der Waals surface area contributed by atoms with E-state index >= 15 is 0 Å². The normalized spacial score (nSPS) is 11.2. The standard InChI is InChI=1S/C19H17N3O2S2/c1-3-12-6-7-13-16(9-12)26-19(21-13)22-17(23)10-14-11(2)24-18(20-14)15-5-4-8-25-15/h4-9H,3,10H2,1-2H3,(H,21,22,23). The first-order valence-electron chi connectivity index (χ1n) is 8.32. The number of aromatic nitrogens is 2. The lowest BCUT2D eigenvalue weighted by atomic mass is 10.2. The molecule has 1 amide bonds. The van der Waals surface area contributed by atoms with Crippen LogP contribution < -0.4 is 5.32 Å². The van der Waals surface area contributed by atoms with E-state index < -0.39 is 0 Å². The topological polar surface area (TPSA) is 68.0 Å². The van der Waals surface area contributed by atoms with Gasteiger partial charge in [-0.2, -0.15) is 0 Å². The maximum absolute atomic E-state index is 12.4. The third kappa shape index (κ3) is 3.40. The van der Waals surface area contributed by atoms with Gasteiger partial charge in [-0.25, -0.2) is 9.97 Å². The molecule has 0 aliphatic heterocycles. The molecule has 5 nitrogen and oxygen atoms in total. The van der Waals surface area contributed by atoms with Crippen molar-refractivity contribution in [2.45, 2.75) is 26.7 Å². The van der Waals surface area contributed by atoms with Gasteiger partial charge in [0.1, 0.15) is 5.76 Å². The molecule has 0 radical (unpaired) electrons. The van der Waals surface area contributed by atoms with Gasteiger partial charge in [-0.05, 0) is 42.5 Å². The van der Waals surface area contributed by atoms with E-state index in [2.05, 4.69) is 34.3 Å². The maximum Gasteiger partial charge on any atom is 0.236 e. The number of anilines is 1. The van der Waals surface area contributed by atoms with Gasteiger partial charge in [-0.3, -0.25) is 4.79 Å². The highest BCUT2D eigenvalue weighted by Crippen LogP contribution is 2.28. The summed E-state index contributed by atoms with van der Waals surface area (Å²) in [6.07, 6.45) is 1.14. The van der Waals surface area contributed by atoms with Gasteiger partial charge in [0, 0.05) is 0 Å². The summed E-state index contributed by atoms with van der Waals surface area (Å²) in [5.41, 5.74) is 2.82. The number of hydrogen-bond donors (Lipinski definition) is 1. The Kier molecular flexibility index (Phi) is 4.57. The second-order valence-corrected chi connectivity index (χ2v) is 7.88. The zero-order chi connectivity index (χ0) is 18.1. The number of nitrogens with zero attached hydrogens (tertiary/aromatic N) is 2. The molecular formula is C19H17N3O2S2. The average molecular weight is 383 g/mol. The van der Waals surface area contributed by atoms with E-state index in [-0.39, 0.29) is 12.3 Å². The Hall–Kier alpha value is -2.51. The first-order valence-corrected chi connectivity index (χ1v) is 10.0. The Morgan fingerprint density at radius 2 is 2.15 bits per heavy atom. The average Bonchev–Trinajstić information content (AvgIpc) is 3.34. The van der Waals surface area contributed by atoms with Crippen molar-refractivity contribution in [2.24, 2.45) is 0 Å². The third-order valence-corrected chi connectivity index (χ3v) is 5.85. The Morgan fingerprint density at radius 3 is 2.92 bits per heavy atom. The molecule has 3 aromatic heterocycles. The highest BCUT2D eigenvalue weighted by Gasteiger charge is 2.16. The van der Waals surface area contributed by atoms with Gasteiger partial charge in [-0.15, -0.1) is 11.3 Å². The third-order valence-electron chi connectivity index (χ3n) is 4.06. The van der Waals surface area contributed by atoms with Crippen molar-refractivity contribution in [3.63, 3.8) is 0 Å². The van der Waals surface area contributed by atoms with E-state index in [0.29, 0.717) is 22.5 Å². The molecule has 7 heteroatoms. The number of thiophene rings is 1. The lowest BCUT2D eigenvalue weighted by molar-refractivity contribution is -0.115.